The van der Waals surface area contributed by atoms with Crippen molar-refractivity contribution in [2.45, 2.75) is 13.3 Å². The van der Waals surface area contributed by atoms with E-state index in [1.165, 1.54) is 0 Å². The fourth-order valence-corrected chi connectivity index (χ4v) is 1.83. The van der Waals surface area contributed by atoms with Crippen LogP contribution in [0.3, 0.4) is 0 Å². The molecule has 1 heterocycles. The van der Waals surface area contributed by atoms with Crippen LogP contribution in [0.5, 0.6) is 5.75 Å². The number of aryl methyl sites for hydroxylation is 1. The van der Waals surface area contributed by atoms with Gasteiger partial charge in [-0.3, -0.25) is 4.79 Å². The van der Waals surface area contributed by atoms with E-state index in [4.69, 9.17) is 16.3 Å². The highest BCUT2D eigenvalue weighted by atomic mass is 35.5. The molecule has 0 atom stereocenters. The van der Waals surface area contributed by atoms with Gasteiger partial charge in [-0.2, -0.15) is 0 Å². The molecule has 1 aromatic rings. The van der Waals surface area contributed by atoms with Crippen LogP contribution < -0.4 is 4.74 Å². The molecule has 0 saturated heterocycles. The van der Waals surface area contributed by atoms with E-state index < -0.39 is 0 Å². The van der Waals surface area contributed by atoms with E-state index in [1.54, 1.807) is 12.1 Å². The van der Waals surface area contributed by atoms with Crippen LogP contribution in [0.4, 0.5) is 0 Å². The van der Waals surface area contributed by atoms with Crippen LogP contribution in [0.25, 0.3) is 0 Å². The van der Waals surface area contributed by atoms with Crippen molar-refractivity contribution in [1.82, 2.24) is 0 Å². The lowest BCUT2D eigenvalue weighted by Gasteiger charge is -2.18. The van der Waals surface area contributed by atoms with E-state index in [9.17, 15) is 4.79 Å². The van der Waals surface area contributed by atoms with Crippen LogP contribution in [0, 0.1) is 6.92 Å². The molecule has 0 N–H and O–H groups in total. The Labute approximate surface area is 81.5 Å². The summed E-state index contributed by atoms with van der Waals surface area (Å²) >= 11 is 5.84. The molecule has 3 heteroatoms. The smallest absolute Gasteiger partial charge is 0.170 e. The number of hydrogen-bond acceptors (Lipinski definition) is 2. The quantitative estimate of drug-likeness (QED) is 0.638. The Morgan fingerprint density at radius 3 is 3.00 bits per heavy atom. The Morgan fingerprint density at radius 2 is 2.23 bits per heavy atom. The maximum atomic E-state index is 11.5. The molecule has 2 rings (SSSR count). The number of ketones is 1. The predicted molar refractivity (Wildman–Crippen MR) is 50.6 cm³/mol. The monoisotopic (exact) mass is 196 g/mol. The molecular formula is C10H9ClO2. The zero-order chi connectivity index (χ0) is 9.42. The van der Waals surface area contributed by atoms with Crippen LogP contribution in [0.1, 0.15) is 22.3 Å². The summed E-state index contributed by atoms with van der Waals surface area (Å²) < 4.78 is 5.35. The normalized spacial score (nSPS) is 15.1. The van der Waals surface area contributed by atoms with Gasteiger partial charge in [-0.05, 0) is 24.6 Å². The summed E-state index contributed by atoms with van der Waals surface area (Å²) in [6.07, 6.45) is 0.468. The summed E-state index contributed by atoms with van der Waals surface area (Å²) in [6.45, 7) is 2.34. The van der Waals surface area contributed by atoms with Crippen molar-refractivity contribution in [3.63, 3.8) is 0 Å². The van der Waals surface area contributed by atoms with Gasteiger partial charge in [0.2, 0.25) is 0 Å². The van der Waals surface area contributed by atoms with Crippen molar-refractivity contribution in [3.8, 4) is 5.75 Å². The molecule has 1 aliphatic rings. The lowest BCUT2D eigenvalue weighted by Crippen LogP contribution is -2.16. The highest BCUT2D eigenvalue weighted by Gasteiger charge is 2.20. The third-order valence-electron chi connectivity index (χ3n) is 2.13. The number of hydrogen-bond donors (Lipinski definition) is 0. The molecule has 0 saturated carbocycles. The van der Waals surface area contributed by atoms with Gasteiger partial charge in [0.25, 0.3) is 0 Å². The van der Waals surface area contributed by atoms with Crippen molar-refractivity contribution in [3.05, 3.63) is 28.3 Å². The van der Waals surface area contributed by atoms with Crippen molar-refractivity contribution >= 4 is 17.4 Å². The molecule has 2 nitrogen and oxygen atoms in total. The summed E-state index contributed by atoms with van der Waals surface area (Å²) in [6, 6.07) is 3.48. The molecule has 0 aliphatic carbocycles. The van der Waals surface area contributed by atoms with Crippen molar-refractivity contribution in [1.29, 1.82) is 0 Å². The molecule has 0 bridgehead atoms. The fourth-order valence-electron chi connectivity index (χ4n) is 1.56. The minimum absolute atomic E-state index is 0.149. The minimum Gasteiger partial charge on any atom is -0.492 e. The molecule has 13 heavy (non-hydrogen) atoms. The number of Topliss-reactive ketones (excluding diaryl/α,β-unsaturated/α-hetero) is 1. The zero-order valence-corrected chi connectivity index (χ0v) is 8.02. The first kappa shape index (κ1) is 8.57. The Morgan fingerprint density at radius 1 is 1.46 bits per heavy atom. The first-order chi connectivity index (χ1) is 6.18. The second kappa shape index (κ2) is 3.04. The average molecular weight is 197 g/mol. The molecule has 0 amide bonds. The third-order valence-corrected chi connectivity index (χ3v) is 2.35. The van der Waals surface area contributed by atoms with Gasteiger partial charge in [0.05, 0.1) is 12.2 Å². The van der Waals surface area contributed by atoms with E-state index in [1.807, 2.05) is 6.92 Å². The summed E-state index contributed by atoms with van der Waals surface area (Å²) in [5.41, 5.74) is 1.59. The summed E-state index contributed by atoms with van der Waals surface area (Å²) in [7, 11) is 0. The molecule has 0 unspecified atom stereocenters. The van der Waals surface area contributed by atoms with Crippen molar-refractivity contribution < 1.29 is 9.53 Å². The van der Waals surface area contributed by atoms with E-state index in [-0.39, 0.29) is 5.78 Å². The van der Waals surface area contributed by atoms with Crippen LogP contribution in [0.2, 0.25) is 5.02 Å². The molecule has 0 fully saturated rings. The molecule has 1 aromatic carbocycles. The molecule has 0 aromatic heterocycles. The van der Waals surface area contributed by atoms with Gasteiger partial charge in [-0.15, -0.1) is 0 Å². The van der Waals surface area contributed by atoms with Gasteiger partial charge in [-0.25, -0.2) is 0 Å². The maximum Gasteiger partial charge on any atom is 0.170 e. The number of benzene rings is 1. The molecule has 68 valence electrons. The zero-order valence-electron chi connectivity index (χ0n) is 7.26. The average Bonchev–Trinajstić information content (AvgIpc) is 2.02. The molecular weight excluding hydrogens is 188 g/mol. The Balaban J connectivity index is 2.63. The topological polar surface area (TPSA) is 26.3 Å². The van der Waals surface area contributed by atoms with Crippen molar-refractivity contribution in [2.75, 3.05) is 6.61 Å². The number of halogens is 1. The summed E-state index contributed by atoms with van der Waals surface area (Å²) in [5.74, 6) is 0.775. The van der Waals surface area contributed by atoms with Crippen LogP contribution in [-0.2, 0) is 0 Å². The van der Waals surface area contributed by atoms with Gasteiger partial charge in [-0.1, -0.05) is 11.6 Å². The first-order valence-corrected chi connectivity index (χ1v) is 4.52. The number of rotatable bonds is 0. The number of carbonyl (C=O) groups excluding carboxylic acids is 1. The van der Waals surface area contributed by atoms with Gasteiger partial charge in [0.1, 0.15) is 5.75 Å². The Kier molecular flexibility index (Phi) is 2.00. The lowest BCUT2D eigenvalue weighted by atomic mass is 10.00. The maximum absolute atomic E-state index is 11.5. The summed E-state index contributed by atoms with van der Waals surface area (Å²) in [5, 5.41) is 0.617. The highest BCUT2D eigenvalue weighted by molar-refractivity contribution is 6.31. The molecule has 1 aliphatic heterocycles. The number of ether oxygens (including phenoxy) is 1. The van der Waals surface area contributed by atoms with Crippen molar-refractivity contribution in [2.24, 2.45) is 0 Å². The van der Waals surface area contributed by atoms with Gasteiger partial charge >= 0.3 is 0 Å². The van der Waals surface area contributed by atoms with E-state index in [0.717, 1.165) is 5.56 Å². The molecule has 0 radical (unpaired) electrons. The second-order valence-electron chi connectivity index (χ2n) is 3.12. The largest absolute Gasteiger partial charge is 0.492 e. The summed E-state index contributed by atoms with van der Waals surface area (Å²) in [4.78, 5) is 11.5. The lowest BCUT2D eigenvalue weighted by molar-refractivity contribution is 0.0933. The molecule has 0 spiro atoms. The van der Waals surface area contributed by atoms with E-state index >= 15 is 0 Å². The first-order valence-electron chi connectivity index (χ1n) is 4.14. The van der Waals surface area contributed by atoms with Gasteiger partial charge in [0, 0.05) is 11.4 Å². The Hall–Kier alpha value is -1.02. The van der Waals surface area contributed by atoms with Gasteiger partial charge in [0.15, 0.2) is 5.78 Å². The third kappa shape index (κ3) is 1.42. The Bertz CT molecular complexity index is 371. The van der Waals surface area contributed by atoms with Crippen LogP contribution >= 0.6 is 11.6 Å². The second-order valence-corrected chi connectivity index (χ2v) is 3.55. The minimum atomic E-state index is 0.149. The van der Waals surface area contributed by atoms with Crippen LogP contribution in [-0.4, -0.2) is 12.4 Å². The van der Waals surface area contributed by atoms with Crippen LogP contribution in [0.15, 0.2) is 12.1 Å². The van der Waals surface area contributed by atoms with E-state index in [0.29, 0.717) is 29.4 Å². The number of fused-ring (bicyclic) bond motifs is 1. The fraction of sp³-hybridized carbons (Fsp3) is 0.300. The van der Waals surface area contributed by atoms with E-state index in [2.05, 4.69) is 0 Å². The number of carbonyl (C=O) groups is 1. The standard InChI is InChI=1S/C10H9ClO2/c1-6-4-7(11)5-9-10(6)8(12)2-3-13-9/h4-5H,2-3H2,1H3. The predicted octanol–water partition coefficient (Wildman–Crippen LogP) is 2.61. The van der Waals surface area contributed by atoms with Gasteiger partial charge < -0.3 is 4.74 Å². The highest BCUT2D eigenvalue weighted by Crippen LogP contribution is 2.30. The SMILES string of the molecule is Cc1cc(Cl)cc2c1C(=O)CCO2.